The molecule has 0 aliphatic heterocycles. The zero-order chi connectivity index (χ0) is 17.0. The van der Waals surface area contributed by atoms with Crippen molar-refractivity contribution in [1.29, 1.82) is 0 Å². The van der Waals surface area contributed by atoms with Crippen molar-refractivity contribution in [2.45, 2.75) is 40.0 Å². The summed E-state index contributed by atoms with van der Waals surface area (Å²) in [5.41, 5.74) is 4.30. The first-order valence-corrected chi connectivity index (χ1v) is 8.06. The molecule has 0 spiro atoms. The van der Waals surface area contributed by atoms with E-state index >= 15 is 0 Å². The molecule has 0 radical (unpaired) electrons. The monoisotopic (exact) mass is 310 g/mol. The van der Waals surface area contributed by atoms with Crippen molar-refractivity contribution >= 4 is 23.3 Å². The molecule has 0 heterocycles. The molecule has 0 bridgehead atoms. The zero-order valence-electron chi connectivity index (χ0n) is 14.7. The number of nitrogens with zero attached hydrogens (tertiary/aromatic N) is 2. The van der Waals surface area contributed by atoms with Crippen molar-refractivity contribution in [3.05, 3.63) is 48.0 Å². The molecule has 0 saturated heterocycles. The molecule has 2 rings (SSSR count). The molecule has 0 atom stereocenters. The molecule has 3 nitrogen and oxygen atoms in total. The normalized spacial score (nSPS) is 11.9. The van der Waals surface area contributed by atoms with Gasteiger partial charge in [-0.3, -0.25) is 4.99 Å². The Morgan fingerprint density at radius 3 is 2.43 bits per heavy atom. The van der Waals surface area contributed by atoms with Crippen molar-refractivity contribution in [2.75, 3.05) is 11.4 Å². The van der Waals surface area contributed by atoms with Crippen LogP contribution in [0.2, 0.25) is 0 Å². The molecular weight excluding hydrogens is 284 g/mol. The fraction of sp³-hybridized carbons (Fsp3) is 0.350. The average Bonchev–Trinajstić information content (AvgIpc) is 2.49. The Morgan fingerprint density at radius 1 is 1.13 bits per heavy atom. The van der Waals surface area contributed by atoms with Gasteiger partial charge in [0.2, 0.25) is 0 Å². The fourth-order valence-electron chi connectivity index (χ4n) is 2.61. The molecule has 2 aromatic carbocycles. The van der Waals surface area contributed by atoms with Crippen molar-refractivity contribution in [2.24, 2.45) is 4.99 Å². The number of benzene rings is 2. The Morgan fingerprint density at radius 2 is 1.87 bits per heavy atom. The predicted molar refractivity (Wildman–Crippen MR) is 99.8 cm³/mol. The quantitative estimate of drug-likeness (QED) is 0.749. The van der Waals surface area contributed by atoms with Crippen LogP contribution in [0.1, 0.15) is 40.2 Å². The fourth-order valence-corrected chi connectivity index (χ4v) is 2.61. The van der Waals surface area contributed by atoms with E-state index in [1.54, 1.807) is 12.1 Å². The summed E-state index contributed by atoms with van der Waals surface area (Å²) < 4.78 is 0. The molecule has 0 fully saturated rings. The number of aliphatic imine (C=N–C) groups is 1. The Hall–Kier alpha value is -2.29. The number of phenolic OH excluding ortho intramolecular Hbond substituents is 1. The van der Waals surface area contributed by atoms with E-state index in [9.17, 15) is 5.11 Å². The zero-order valence-corrected chi connectivity index (χ0v) is 14.7. The summed E-state index contributed by atoms with van der Waals surface area (Å²) in [6.45, 7) is 11.4. The van der Waals surface area contributed by atoms with Gasteiger partial charge in [-0.15, -0.1) is 0 Å². The second kappa shape index (κ2) is 6.86. The van der Waals surface area contributed by atoms with E-state index in [1.165, 1.54) is 5.56 Å². The maximum absolute atomic E-state index is 9.77. The molecule has 23 heavy (non-hydrogen) atoms. The predicted octanol–water partition coefficient (Wildman–Crippen LogP) is 5.57. The molecular formula is C20H26N2O. The van der Waals surface area contributed by atoms with Gasteiger partial charge < -0.3 is 10.0 Å². The van der Waals surface area contributed by atoms with E-state index in [0.29, 0.717) is 0 Å². The standard InChI is InChI=1S/C20H26N2O/c1-6-21-18-13-15(20(3,4)5)11-12-19(18)22(7-2)16-9-8-10-17(23)14-16/h6,8-14,23H,7H2,1-5H3/b21-6-. The SMILES string of the molecule is C/C=N\c1cc(C(C)(C)C)ccc1N(CC)c1cccc(O)c1. The van der Waals surface area contributed by atoms with Crippen LogP contribution in [-0.2, 0) is 5.41 Å². The number of phenols is 1. The van der Waals surface area contributed by atoms with E-state index in [0.717, 1.165) is 23.6 Å². The van der Waals surface area contributed by atoms with Crippen LogP contribution in [0.5, 0.6) is 5.75 Å². The molecule has 0 saturated carbocycles. The highest BCUT2D eigenvalue weighted by atomic mass is 16.3. The van der Waals surface area contributed by atoms with Crippen LogP contribution in [0.4, 0.5) is 17.1 Å². The first-order valence-electron chi connectivity index (χ1n) is 8.06. The molecule has 3 heteroatoms. The number of anilines is 2. The summed E-state index contributed by atoms with van der Waals surface area (Å²) in [7, 11) is 0. The van der Waals surface area contributed by atoms with Crippen molar-refractivity contribution in [3.63, 3.8) is 0 Å². The molecule has 0 aliphatic carbocycles. The van der Waals surface area contributed by atoms with Crippen molar-refractivity contribution in [3.8, 4) is 5.75 Å². The topological polar surface area (TPSA) is 35.8 Å². The van der Waals surface area contributed by atoms with Gasteiger partial charge in [-0.25, -0.2) is 0 Å². The van der Waals surface area contributed by atoms with Crippen molar-refractivity contribution < 1.29 is 5.11 Å². The molecule has 0 amide bonds. The summed E-state index contributed by atoms with van der Waals surface area (Å²) in [6, 6.07) is 13.8. The third-order valence-corrected chi connectivity index (χ3v) is 3.86. The van der Waals surface area contributed by atoms with Gasteiger partial charge in [0.1, 0.15) is 5.75 Å². The highest BCUT2D eigenvalue weighted by Crippen LogP contribution is 2.37. The van der Waals surface area contributed by atoms with Gasteiger partial charge in [0.05, 0.1) is 11.4 Å². The van der Waals surface area contributed by atoms with E-state index in [-0.39, 0.29) is 11.2 Å². The van der Waals surface area contributed by atoms with Crippen LogP contribution in [0.15, 0.2) is 47.5 Å². The Kier molecular flexibility index (Phi) is 5.09. The van der Waals surface area contributed by atoms with Crippen LogP contribution in [-0.4, -0.2) is 17.9 Å². The van der Waals surface area contributed by atoms with Gasteiger partial charge in [-0.1, -0.05) is 32.9 Å². The lowest BCUT2D eigenvalue weighted by Crippen LogP contribution is -2.17. The molecule has 0 unspecified atom stereocenters. The molecule has 0 aliphatic rings. The number of hydrogen-bond acceptors (Lipinski definition) is 3. The summed E-state index contributed by atoms with van der Waals surface area (Å²) in [4.78, 5) is 6.73. The minimum absolute atomic E-state index is 0.0819. The first-order chi connectivity index (χ1) is 10.9. The minimum atomic E-state index is 0.0819. The van der Waals surface area contributed by atoms with Gasteiger partial charge in [-0.05, 0) is 49.1 Å². The van der Waals surface area contributed by atoms with Crippen LogP contribution < -0.4 is 4.90 Å². The summed E-state index contributed by atoms with van der Waals surface area (Å²) in [5.74, 6) is 0.271. The second-order valence-electron chi connectivity index (χ2n) is 6.60. The van der Waals surface area contributed by atoms with Gasteiger partial charge in [0.25, 0.3) is 0 Å². The average molecular weight is 310 g/mol. The molecule has 1 N–H and O–H groups in total. The van der Waals surface area contributed by atoms with E-state index in [1.807, 2.05) is 25.3 Å². The Labute approximate surface area is 139 Å². The summed E-state index contributed by atoms with van der Waals surface area (Å²) >= 11 is 0. The third-order valence-electron chi connectivity index (χ3n) is 3.86. The van der Waals surface area contributed by atoms with Gasteiger partial charge >= 0.3 is 0 Å². The van der Waals surface area contributed by atoms with E-state index in [2.05, 4.69) is 55.8 Å². The summed E-state index contributed by atoms with van der Waals surface area (Å²) in [6.07, 6.45) is 1.82. The second-order valence-corrected chi connectivity index (χ2v) is 6.60. The lowest BCUT2D eigenvalue weighted by molar-refractivity contribution is 0.475. The Bertz CT molecular complexity index is 699. The lowest BCUT2D eigenvalue weighted by Gasteiger charge is -2.27. The van der Waals surface area contributed by atoms with E-state index in [4.69, 9.17) is 0 Å². The molecule has 2 aromatic rings. The Balaban J connectivity index is 2.55. The van der Waals surface area contributed by atoms with Gasteiger partial charge in [0.15, 0.2) is 0 Å². The van der Waals surface area contributed by atoms with Crippen molar-refractivity contribution in [1.82, 2.24) is 0 Å². The first kappa shape index (κ1) is 17.1. The number of aromatic hydroxyl groups is 1. The van der Waals surface area contributed by atoms with Crippen LogP contribution in [0.25, 0.3) is 0 Å². The maximum atomic E-state index is 9.77. The highest BCUT2D eigenvalue weighted by molar-refractivity contribution is 5.78. The van der Waals surface area contributed by atoms with Crippen LogP contribution in [0, 0.1) is 0 Å². The maximum Gasteiger partial charge on any atom is 0.117 e. The van der Waals surface area contributed by atoms with E-state index < -0.39 is 0 Å². The highest BCUT2D eigenvalue weighted by Gasteiger charge is 2.18. The third kappa shape index (κ3) is 3.92. The molecule has 122 valence electrons. The van der Waals surface area contributed by atoms with Gasteiger partial charge in [-0.2, -0.15) is 0 Å². The van der Waals surface area contributed by atoms with Crippen LogP contribution in [0.3, 0.4) is 0 Å². The minimum Gasteiger partial charge on any atom is -0.508 e. The van der Waals surface area contributed by atoms with Crippen LogP contribution >= 0.6 is 0 Å². The van der Waals surface area contributed by atoms with Gasteiger partial charge in [0, 0.05) is 24.5 Å². The number of hydrogen-bond donors (Lipinski definition) is 1. The number of rotatable bonds is 4. The smallest absolute Gasteiger partial charge is 0.117 e. The molecule has 0 aromatic heterocycles. The largest absolute Gasteiger partial charge is 0.508 e. The lowest BCUT2D eigenvalue weighted by atomic mass is 9.86. The summed E-state index contributed by atoms with van der Waals surface area (Å²) in [5, 5.41) is 9.77.